The average molecular weight is 925 g/mol. The van der Waals surface area contributed by atoms with Crippen LogP contribution in [0.5, 0.6) is 46.5 Å². The second kappa shape index (κ2) is 16.5. The van der Waals surface area contributed by atoms with E-state index in [2.05, 4.69) is 19.9 Å². The van der Waals surface area contributed by atoms with Gasteiger partial charge in [-0.15, -0.1) is 0 Å². The van der Waals surface area contributed by atoms with Gasteiger partial charge in [-0.2, -0.15) is 0 Å². The molecule has 20 heteroatoms. The molecule has 4 aromatic carbocycles. The molecule has 0 atom stereocenters. The van der Waals surface area contributed by atoms with E-state index in [0.717, 1.165) is 0 Å². The Morgan fingerprint density at radius 2 is 0.531 bits per heavy atom. The minimum atomic E-state index is -4.47. The lowest BCUT2D eigenvalue weighted by Gasteiger charge is -2.31. The summed E-state index contributed by atoms with van der Waals surface area (Å²) in [4.78, 5) is 18.1. The third-order valence-electron chi connectivity index (χ3n) is 9.30. The Balaban J connectivity index is 1.32. The maximum absolute atomic E-state index is 7.10. The van der Waals surface area contributed by atoms with Crippen LogP contribution < -0.4 is 36.2 Å². The molecular weight excluding hydrogens is 892 g/mol. The Hall–Kier alpha value is -7.20. The molecule has 0 saturated heterocycles. The third-order valence-corrected chi connectivity index (χ3v) is 20.0. The highest BCUT2D eigenvalue weighted by Gasteiger charge is 2.51. The predicted molar refractivity (Wildman–Crippen MR) is 243 cm³/mol. The van der Waals surface area contributed by atoms with Crippen molar-refractivity contribution in [3.63, 3.8) is 0 Å². The van der Waals surface area contributed by atoms with Gasteiger partial charge in [0.15, 0.2) is 0 Å². The molecule has 7 heterocycles. The number of benzene rings is 4. The van der Waals surface area contributed by atoms with Gasteiger partial charge >= 0.3 is 30.6 Å². The van der Waals surface area contributed by atoms with Crippen molar-refractivity contribution in [2.45, 2.75) is 0 Å². The first-order valence-electron chi connectivity index (χ1n) is 19.6. The van der Waals surface area contributed by atoms with Crippen LogP contribution in [0.3, 0.4) is 0 Å². The van der Waals surface area contributed by atoms with Gasteiger partial charge in [-0.05, 0) is 48.5 Å². The summed E-state index contributed by atoms with van der Waals surface area (Å²) in [6, 6.07) is 50.3. The number of hydrogen-bond donors (Lipinski definition) is 0. The van der Waals surface area contributed by atoms with E-state index in [1.807, 2.05) is 72.8 Å². The Morgan fingerprint density at radius 1 is 0.281 bits per heavy atom. The van der Waals surface area contributed by atoms with Gasteiger partial charge in [0.05, 0.1) is 0 Å². The molecule has 4 aromatic heterocycles. The van der Waals surface area contributed by atoms with Crippen molar-refractivity contribution in [2.24, 2.45) is 18.1 Å². The highest BCUT2D eigenvalue weighted by Crippen LogP contribution is 2.80. The number of pyridine rings is 4. The van der Waals surface area contributed by atoms with Crippen LogP contribution >= 0.6 is 30.6 Å². The van der Waals surface area contributed by atoms with E-state index >= 15 is 0 Å². The van der Waals surface area contributed by atoms with Crippen LogP contribution in [0, 0.1) is 0 Å². The number of nitrogens with zero attached hydrogens (tertiary/aromatic N) is 8. The highest BCUT2D eigenvalue weighted by molar-refractivity contribution is 7.79. The maximum atomic E-state index is 7.10. The zero-order valence-corrected chi connectivity index (χ0v) is 36.7. The van der Waals surface area contributed by atoms with Crippen LogP contribution in [0.25, 0.3) is 22.3 Å². The molecular formula is C44H32N8O8P4. The van der Waals surface area contributed by atoms with Crippen molar-refractivity contribution in [2.75, 3.05) is 0 Å². The zero-order chi connectivity index (χ0) is 42.9. The maximum Gasteiger partial charge on any atom is 0.463 e. The fourth-order valence-electron chi connectivity index (χ4n) is 6.69. The fourth-order valence-corrected chi connectivity index (χ4v) is 18.7. The van der Waals surface area contributed by atoms with E-state index in [1.165, 1.54) is 0 Å². The summed E-state index contributed by atoms with van der Waals surface area (Å²) in [5, 5.41) is 0. The standard InChI is InChI=1S/C44H32N8O8P4/c1-5-21-37-33(17-1)34-18-2-6-22-38(34)54-61(53-37)49-63(57-41-25-9-13-29-45-41,58-42-26-10-14-30-46-42)51-62(55-39-23-7-3-19-35(39)36-20-4-8-24-40(36)56-62)52-64(50-61,59-43-27-11-15-31-47-43)60-44-28-12-16-32-48-44/h1-32H. The molecule has 0 bridgehead atoms. The summed E-state index contributed by atoms with van der Waals surface area (Å²) in [5.41, 5.74) is 2.79. The molecule has 2 spiro atoms. The largest absolute Gasteiger partial charge is 0.463 e. The summed E-state index contributed by atoms with van der Waals surface area (Å²) in [7, 11) is -17.8. The van der Waals surface area contributed by atoms with E-state index in [-0.39, 0.29) is 23.5 Å². The molecule has 3 aliphatic rings. The molecule has 0 unspecified atom stereocenters. The van der Waals surface area contributed by atoms with E-state index < -0.39 is 30.6 Å². The second-order valence-electron chi connectivity index (χ2n) is 13.7. The monoisotopic (exact) mass is 924 g/mol. The molecule has 0 saturated carbocycles. The summed E-state index contributed by atoms with van der Waals surface area (Å²) in [6.07, 6.45) is 6.26. The number of rotatable bonds is 8. The smallest absolute Gasteiger partial charge is 0.413 e. The molecule has 0 aliphatic carbocycles. The van der Waals surface area contributed by atoms with Gasteiger partial charge in [0.1, 0.15) is 23.0 Å². The van der Waals surface area contributed by atoms with Crippen molar-refractivity contribution in [3.05, 3.63) is 195 Å². The fraction of sp³-hybridized carbons (Fsp3) is 0. The first-order chi connectivity index (χ1) is 31.5. The molecule has 3 aliphatic heterocycles. The van der Waals surface area contributed by atoms with Gasteiger partial charge in [0.25, 0.3) is 0 Å². The molecule has 64 heavy (non-hydrogen) atoms. The Morgan fingerprint density at radius 3 is 0.781 bits per heavy atom. The predicted octanol–water partition coefficient (Wildman–Crippen LogP) is 14.0. The van der Waals surface area contributed by atoms with Gasteiger partial charge in [-0.25, -0.2) is 19.9 Å². The molecule has 0 N–H and O–H groups in total. The zero-order valence-electron chi connectivity index (χ0n) is 33.1. The highest BCUT2D eigenvalue weighted by atomic mass is 31.3. The van der Waals surface area contributed by atoms with Crippen LogP contribution in [-0.4, -0.2) is 19.9 Å². The van der Waals surface area contributed by atoms with Gasteiger partial charge in [-0.3, -0.25) is 0 Å². The van der Waals surface area contributed by atoms with Crippen LogP contribution in [0.1, 0.15) is 0 Å². The second-order valence-corrected chi connectivity index (χ2v) is 22.0. The SMILES string of the molecule is c1ccc(OP2(Oc3ccccn3)=NP3(=NP(Oc4ccccn4)(Oc4ccccn4)=NP4(=N2)Oc2ccccc2-c2ccccc2O4)Oc2ccccc2-c2ccccc2O3)nc1. The lowest BCUT2D eigenvalue weighted by molar-refractivity contribution is 0.436. The minimum Gasteiger partial charge on any atom is -0.413 e. The van der Waals surface area contributed by atoms with Crippen molar-refractivity contribution >= 4 is 30.6 Å². The average Bonchev–Trinajstić information content (AvgIpc) is 3.53. The number of para-hydroxylation sites is 4. The van der Waals surface area contributed by atoms with Crippen LogP contribution in [0.15, 0.2) is 213 Å². The number of fused-ring (bicyclic) bond motifs is 6. The lowest BCUT2D eigenvalue weighted by atomic mass is 10.0. The van der Waals surface area contributed by atoms with E-state index in [1.54, 1.807) is 122 Å². The topological polar surface area (TPSA) is 175 Å². The Labute approximate surface area is 366 Å². The number of aromatic nitrogens is 4. The first-order valence-corrected chi connectivity index (χ1v) is 25.7. The summed E-state index contributed by atoms with van der Waals surface area (Å²) in [6.45, 7) is 0. The quantitative estimate of drug-likeness (QED) is 0.132. The normalized spacial score (nSPS) is 16.4. The Bertz CT molecular complexity index is 2810. The van der Waals surface area contributed by atoms with E-state index in [4.69, 9.17) is 54.3 Å². The van der Waals surface area contributed by atoms with Crippen LogP contribution in [-0.2, 0) is 0 Å². The molecule has 16 nitrogen and oxygen atoms in total. The van der Waals surface area contributed by atoms with Gasteiger partial charge in [0.2, 0.25) is 23.5 Å². The Kier molecular flexibility index (Phi) is 10.2. The molecule has 0 radical (unpaired) electrons. The van der Waals surface area contributed by atoms with Crippen molar-refractivity contribution in [3.8, 4) is 68.8 Å². The summed E-state index contributed by atoms with van der Waals surface area (Å²) < 4.78 is 77.7. The van der Waals surface area contributed by atoms with Gasteiger partial charge < -0.3 is 36.2 Å². The van der Waals surface area contributed by atoms with Crippen molar-refractivity contribution < 1.29 is 36.2 Å². The molecule has 0 amide bonds. The van der Waals surface area contributed by atoms with Gasteiger partial charge in [-0.1, -0.05) is 115 Å². The lowest BCUT2D eigenvalue weighted by Crippen LogP contribution is -2.11. The third kappa shape index (κ3) is 8.00. The van der Waals surface area contributed by atoms with E-state index in [9.17, 15) is 0 Å². The van der Waals surface area contributed by atoms with E-state index in [0.29, 0.717) is 45.3 Å². The number of hydrogen-bond acceptors (Lipinski definition) is 16. The molecule has 11 rings (SSSR count). The van der Waals surface area contributed by atoms with Crippen LogP contribution in [0.2, 0.25) is 0 Å². The molecule has 316 valence electrons. The summed E-state index contributed by atoms with van der Waals surface area (Å²) in [5.74, 6) is 1.79. The molecule has 0 fully saturated rings. The van der Waals surface area contributed by atoms with Crippen molar-refractivity contribution in [1.82, 2.24) is 19.9 Å². The van der Waals surface area contributed by atoms with Crippen LogP contribution in [0.4, 0.5) is 0 Å². The first kappa shape index (κ1) is 39.6. The molecule has 8 aromatic rings. The summed E-state index contributed by atoms with van der Waals surface area (Å²) >= 11 is 0. The van der Waals surface area contributed by atoms with Gasteiger partial charge in [0, 0.05) is 71.3 Å². The minimum absolute atomic E-state index is 0.0814. The van der Waals surface area contributed by atoms with Crippen molar-refractivity contribution in [1.29, 1.82) is 0 Å².